The first-order chi connectivity index (χ1) is 12.0. The van der Waals surface area contributed by atoms with Gasteiger partial charge in [0.2, 0.25) is 5.95 Å². The van der Waals surface area contributed by atoms with Gasteiger partial charge in [0.15, 0.2) is 0 Å². The summed E-state index contributed by atoms with van der Waals surface area (Å²) in [5, 5.41) is 6.07. The van der Waals surface area contributed by atoms with Gasteiger partial charge in [-0.3, -0.25) is 4.79 Å². The molecule has 0 saturated heterocycles. The molecule has 1 heterocycles. The minimum absolute atomic E-state index is 0.123. The number of hydrogen-bond acceptors (Lipinski definition) is 4. The van der Waals surface area contributed by atoms with Gasteiger partial charge in [0.05, 0.1) is 0 Å². The first-order valence-corrected chi connectivity index (χ1v) is 8.07. The first kappa shape index (κ1) is 16.6. The molecule has 0 atom stereocenters. The van der Waals surface area contributed by atoms with Gasteiger partial charge in [-0.1, -0.05) is 17.7 Å². The third-order valence-corrected chi connectivity index (χ3v) is 3.66. The van der Waals surface area contributed by atoms with Gasteiger partial charge in [-0.2, -0.15) is 0 Å². The number of carbonyl (C=O) groups excluding carboxylic acids is 1. The molecule has 0 aliphatic carbocycles. The largest absolute Gasteiger partial charge is 0.324 e. The molecule has 1 amide bonds. The Balaban J connectivity index is 1.68. The van der Waals surface area contributed by atoms with Crippen molar-refractivity contribution in [3.63, 3.8) is 0 Å². The minimum atomic E-state index is -0.123. The average Bonchev–Trinajstić information content (AvgIpc) is 2.56. The van der Waals surface area contributed by atoms with E-state index in [4.69, 9.17) is 0 Å². The van der Waals surface area contributed by atoms with Crippen molar-refractivity contribution >= 4 is 23.2 Å². The average molecular weight is 332 g/mol. The van der Waals surface area contributed by atoms with Gasteiger partial charge in [0.1, 0.15) is 0 Å². The maximum Gasteiger partial charge on any atom is 0.255 e. The third kappa shape index (κ3) is 4.41. The molecule has 2 N–H and O–H groups in total. The Hall–Kier alpha value is -3.21. The van der Waals surface area contributed by atoms with Crippen molar-refractivity contribution in [2.45, 2.75) is 20.8 Å². The number of aromatic nitrogens is 2. The van der Waals surface area contributed by atoms with Crippen molar-refractivity contribution < 1.29 is 4.79 Å². The maximum atomic E-state index is 12.3. The standard InChI is InChI=1S/C20H20N4O/c1-13-5-4-6-16(11-13)19(25)23-17-7-9-18(10-8-17)24-20-21-14(2)12-15(3)22-20/h4-12H,1-3H3,(H,23,25)(H,21,22,24). The van der Waals surface area contributed by atoms with Crippen molar-refractivity contribution in [3.05, 3.63) is 77.1 Å². The second-order valence-electron chi connectivity index (χ2n) is 6.00. The number of anilines is 3. The number of nitrogens with one attached hydrogen (secondary N) is 2. The molecule has 0 saturated carbocycles. The topological polar surface area (TPSA) is 66.9 Å². The van der Waals surface area contributed by atoms with Crippen molar-refractivity contribution in [3.8, 4) is 0 Å². The molecule has 1 aromatic heterocycles. The van der Waals surface area contributed by atoms with E-state index in [1.54, 1.807) is 6.07 Å². The van der Waals surface area contributed by atoms with Gasteiger partial charge in [0.25, 0.3) is 5.91 Å². The maximum absolute atomic E-state index is 12.3. The summed E-state index contributed by atoms with van der Waals surface area (Å²) in [5.41, 5.74) is 5.12. The number of benzene rings is 2. The highest BCUT2D eigenvalue weighted by Crippen LogP contribution is 2.18. The SMILES string of the molecule is Cc1cccc(C(=O)Nc2ccc(Nc3nc(C)cc(C)n3)cc2)c1. The van der Waals surface area contributed by atoms with Crippen molar-refractivity contribution in [1.82, 2.24) is 9.97 Å². The molecule has 126 valence electrons. The Morgan fingerprint density at radius 3 is 2.12 bits per heavy atom. The highest BCUT2D eigenvalue weighted by Gasteiger charge is 2.06. The number of amides is 1. The molecular weight excluding hydrogens is 312 g/mol. The summed E-state index contributed by atoms with van der Waals surface area (Å²) in [7, 11) is 0. The van der Waals surface area contributed by atoms with Gasteiger partial charge in [-0.05, 0) is 63.2 Å². The van der Waals surface area contributed by atoms with Crippen LogP contribution in [0.1, 0.15) is 27.3 Å². The normalized spacial score (nSPS) is 10.4. The van der Waals surface area contributed by atoms with Gasteiger partial charge in [-0.25, -0.2) is 9.97 Å². The third-order valence-electron chi connectivity index (χ3n) is 3.66. The number of carbonyl (C=O) groups is 1. The van der Waals surface area contributed by atoms with Crippen LogP contribution in [0.25, 0.3) is 0 Å². The van der Waals surface area contributed by atoms with E-state index in [-0.39, 0.29) is 5.91 Å². The number of rotatable bonds is 4. The van der Waals surface area contributed by atoms with E-state index in [0.717, 1.165) is 28.3 Å². The molecule has 0 aliphatic heterocycles. The van der Waals surface area contributed by atoms with E-state index in [2.05, 4.69) is 20.6 Å². The predicted molar refractivity (Wildman–Crippen MR) is 100 cm³/mol. The zero-order valence-corrected chi connectivity index (χ0v) is 14.5. The summed E-state index contributed by atoms with van der Waals surface area (Å²) in [6, 6.07) is 16.9. The lowest BCUT2D eigenvalue weighted by Crippen LogP contribution is -2.11. The van der Waals surface area contributed by atoms with Crippen molar-refractivity contribution in [2.75, 3.05) is 10.6 Å². The Morgan fingerprint density at radius 2 is 1.48 bits per heavy atom. The van der Waals surface area contributed by atoms with Crippen LogP contribution in [0, 0.1) is 20.8 Å². The zero-order valence-electron chi connectivity index (χ0n) is 14.5. The van der Waals surface area contributed by atoms with Gasteiger partial charge < -0.3 is 10.6 Å². The quantitative estimate of drug-likeness (QED) is 0.743. The lowest BCUT2D eigenvalue weighted by molar-refractivity contribution is 0.102. The Bertz CT molecular complexity index is 884. The monoisotopic (exact) mass is 332 g/mol. The number of aryl methyl sites for hydroxylation is 3. The van der Waals surface area contributed by atoms with Crippen LogP contribution in [0.15, 0.2) is 54.6 Å². The van der Waals surface area contributed by atoms with E-state index in [0.29, 0.717) is 11.5 Å². The van der Waals surface area contributed by atoms with Crippen LogP contribution in [0.4, 0.5) is 17.3 Å². The smallest absolute Gasteiger partial charge is 0.255 e. The molecule has 0 aliphatic rings. The highest BCUT2D eigenvalue weighted by atomic mass is 16.1. The summed E-state index contributed by atoms with van der Waals surface area (Å²) in [6.45, 7) is 5.83. The second-order valence-corrected chi connectivity index (χ2v) is 6.00. The lowest BCUT2D eigenvalue weighted by Gasteiger charge is -2.09. The van der Waals surface area contributed by atoms with Gasteiger partial charge >= 0.3 is 0 Å². The number of hydrogen-bond donors (Lipinski definition) is 2. The first-order valence-electron chi connectivity index (χ1n) is 8.07. The van der Waals surface area contributed by atoms with E-state index >= 15 is 0 Å². The summed E-state index contributed by atoms with van der Waals surface area (Å²) < 4.78 is 0. The number of nitrogens with zero attached hydrogens (tertiary/aromatic N) is 2. The van der Waals surface area contributed by atoms with Crippen LogP contribution >= 0.6 is 0 Å². The molecule has 0 spiro atoms. The molecule has 0 fully saturated rings. The van der Waals surface area contributed by atoms with Crippen LogP contribution in [0.2, 0.25) is 0 Å². The lowest BCUT2D eigenvalue weighted by atomic mass is 10.1. The highest BCUT2D eigenvalue weighted by molar-refractivity contribution is 6.04. The minimum Gasteiger partial charge on any atom is -0.324 e. The van der Waals surface area contributed by atoms with E-state index in [9.17, 15) is 4.79 Å². The van der Waals surface area contributed by atoms with Crippen LogP contribution in [0.5, 0.6) is 0 Å². The van der Waals surface area contributed by atoms with Crippen LogP contribution in [-0.2, 0) is 0 Å². The molecule has 3 rings (SSSR count). The van der Waals surface area contributed by atoms with E-state index in [1.807, 2.05) is 69.3 Å². The zero-order chi connectivity index (χ0) is 17.8. The van der Waals surface area contributed by atoms with Crippen molar-refractivity contribution in [1.29, 1.82) is 0 Å². The molecule has 25 heavy (non-hydrogen) atoms. The Morgan fingerprint density at radius 1 is 0.840 bits per heavy atom. The molecule has 5 nitrogen and oxygen atoms in total. The van der Waals surface area contributed by atoms with Gasteiger partial charge in [0, 0.05) is 28.3 Å². The van der Waals surface area contributed by atoms with Crippen LogP contribution in [-0.4, -0.2) is 15.9 Å². The summed E-state index contributed by atoms with van der Waals surface area (Å²) >= 11 is 0. The van der Waals surface area contributed by atoms with Crippen LogP contribution < -0.4 is 10.6 Å². The summed E-state index contributed by atoms with van der Waals surface area (Å²) in [5.74, 6) is 0.441. The Kier molecular flexibility index (Phi) is 4.75. The second kappa shape index (κ2) is 7.13. The molecule has 0 bridgehead atoms. The van der Waals surface area contributed by atoms with Gasteiger partial charge in [-0.15, -0.1) is 0 Å². The fraction of sp³-hybridized carbons (Fsp3) is 0.150. The van der Waals surface area contributed by atoms with Crippen molar-refractivity contribution in [2.24, 2.45) is 0 Å². The van der Waals surface area contributed by atoms with Crippen LogP contribution in [0.3, 0.4) is 0 Å². The summed E-state index contributed by atoms with van der Waals surface area (Å²) in [4.78, 5) is 21.0. The predicted octanol–water partition coefficient (Wildman–Crippen LogP) is 4.40. The molecular formula is C20H20N4O. The molecule has 3 aromatic rings. The molecule has 2 aromatic carbocycles. The van der Waals surface area contributed by atoms with E-state index in [1.165, 1.54) is 0 Å². The van der Waals surface area contributed by atoms with E-state index < -0.39 is 0 Å². The molecule has 0 unspecified atom stereocenters. The fourth-order valence-corrected chi connectivity index (χ4v) is 2.54. The Labute approximate surface area is 147 Å². The molecule has 0 radical (unpaired) electrons. The molecule has 5 heteroatoms. The fourth-order valence-electron chi connectivity index (χ4n) is 2.54. The summed E-state index contributed by atoms with van der Waals surface area (Å²) in [6.07, 6.45) is 0.